The second-order valence-electron chi connectivity index (χ2n) is 6.68. The number of sulfonamides is 1. The van der Waals surface area contributed by atoms with Crippen LogP contribution in [0.25, 0.3) is 0 Å². The van der Waals surface area contributed by atoms with Crippen molar-refractivity contribution < 1.29 is 27.4 Å². The van der Waals surface area contributed by atoms with Crippen LogP contribution >= 0.6 is 0 Å². The lowest BCUT2D eigenvalue weighted by atomic mass is 10.1. The predicted octanol–water partition coefficient (Wildman–Crippen LogP) is 2.29. The molecule has 164 valence electrons. The van der Waals surface area contributed by atoms with Crippen molar-refractivity contribution in [3.05, 3.63) is 53.6 Å². The van der Waals surface area contributed by atoms with Crippen molar-refractivity contribution in [1.29, 1.82) is 0 Å². The summed E-state index contributed by atoms with van der Waals surface area (Å²) < 4.78 is 40.7. The van der Waals surface area contributed by atoms with Crippen molar-refractivity contribution in [2.75, 3.05) is 40.6 Å². The molecular weight excluding hydrogens is 408 g/mol. The lowest BCUT2D eigenvalue weighted by Crippen LogP contribution is -2.31. The molecule has 0 spiro atoms. The predicted molar refractivity (Wildman–Crippen MR) is 115 cm³/mol. The summed E-state index contributed by atoms with van der Waals surface area (Å²) in [6, 6.07) is 12.8. The van der Waals surface area contributed by atoms with Gasteiger partial charge in [0.25, 0.3) is 5.91 Å². The van der Waals surface area contributed by atoms with Crippen molar-refractivity contribution in [1.82, 2.24) is 9.62 Å². The fraction of sp³-hybridized carbons (Fsp3) is 0.381. The molecule has 0 saturated heterocycles. The van der Waals surface area contributed by atoms with Crippen LogP contribution in [0.1, 0.15) is 22.3 Å². The molecule has 0 radical (unpaired) electrons. The molecule has 0 aliphatic carbocycles. The molecule has 8 nitrogen and oxygen atoms in total. The number of hydrogen-bond donors (Lipinski definition) is 1. The highest BCUT2D eigenvalue weighted by molar-refractivity contribution is 7.88. The molecule has 0 bridgehead atoms. The van der Waals surface area contributed by atoms with Gasteiger partial charge in [0.05, 0.1) is 20.5 Å². The summed E-state index contributed by atoms with van der Waals surface area (Å²) in [5.74, 6) is 0.859. The SMILES string of the molecule is COc1cc(C(=O)NCCCN(C)S(C)(=O)=O)cc(OC)c1OCc1ccccc1. The molecule has 2 rings (SSSR count). The van der Waals surface area contributed by atoms with E-state index in [-0.39, 0.29) is 5.91 Å². The number of rotatable bonds is 11. The molecule has 0 saturated carbocycles. The number of nitrogens with zero attached hydrogens (tertiary/aromatic N) is 1. The van der Waals surface area contributed by atoms with Gasteiger partial charge in [-0.3, -0.25) is 4.79 Å². The van der Waals surface area contributed by atoms with Gasteiger partial charge >= 0.3 is 0 Å². The third kappa shape index (κ3) is 6.64. The lowest BCUT2D eigenvalue weighted by molar-refractivity contribution is 0.0952. The van der Waals surface area contributed by atoms with Crippen LogP contribution in [0.15, 0.2) is 42.5 Å². The van der Waals surface area contributed by atoms with Crippen LogP contribution in [0.3, 0.4) is 0 Å². The van der Waals surface area contributed by atoms with E-state index in [4.69, 9.17) is 14.2 Å². The van der Waals surface area contributed by atoms with Gasteiger partial charge in [-0.15, -0.1) is 0 Å². The zero-order valence-corrected chi connectivity index (χ0v) is 18.5. The number of amides is 1. The summed E-state index contributed by atoms with van der Waals surface area (Å²) in [6.45, 7) is 0.973. The molecule has 9 heteroatoms. The van der Waals surface area contributed by atoms with Crippen LogP contribution in [0.5, 0.6) is 17.2 Å². The summed E-state index contributed by atoms with van der Waals surface area (Å²) in [4.78, 5) is 12.5. The first-order chi connectivity index (χ1) is 14.3. The topological polar surface area (TPSA) is 94.2 Å². The second kappa shape index (κ2) is 10.8. The van der Waals surface area contributed by atoms with Crippen LogP contribution in [0.2, 0.25) is 0 Å². The van der Waals surface area contributed by atoms with Gasteiger partial charge in [0.2, 0.25) is 15.8 Å². The summed E-state index contributed by atoms with van der Waals surface area (Å²) in [7, 11) is 1.26. The first-order valence-corrected chi connectivity index (χ1v) is 11.2. The highest BCUT2D eigenvalue weighted by Crippen LogP contribution is 2.39. The lowest BCUT2D eigenvalue weighted by Gasteiger charge is -2.16. The van der Waals surface area contributed by atoms with E-state index in [2.05, 4.69) is 5.32 Å². The summed E-state index contributed by atoms with van der Waals surface area (Å²) in [6.07, 6.45) is 1.63. The van der Waals surface area contributed by atoms with Gasteiger partial charge in [-0.1, -0.05) is 30.3 Å². The summed E-state index contributed by atoms with van der Waals surface area (Å²) >= 11 is 0. The van der Waals surface area contributed by atoms with Gasteiger partial charge in [-0.25, -0.2) is 12.7 Å². The molecule has 0 aliphatic rings. The highest BCUT2D eigenvalue weighted by atomic mass is 32.2. The van der Waals surface area contributed by atoms with E-state index < -0.39 is 10.0 Å². The summed E-state index contributed by atoms with van der Waals surface area (Å²) in [5, 5.41) is 2.77. The van der Waals surface area contributed by atoms with Crippen LogP contribution in [-0.2, 0) is 16.6 Å². The molecule has 0 fully saturated rings. The van der Waals surface area contributed by atoms with E-state index >= 15 is 0 Å². The largest absolute Gasteiger partial charge is 0.493 e. The van der Waals surface area contributed by atoms with Gasteiger partial charge in [0.1, 0.15) is 6.61 Å². The maximum atomic E-state index is 12.5. The minimum atomic E-state index is -3.23. The highest BCUT2D eigenvalue weighted by Gasteiger charge is 2.18. The quantitative estimate of drug-likeness (QED) is 0.543. The van der Waals surface area contributed by atoms with E-state index in [1.165, 1.54) is 25.6 Å². The first kappa shape index (κ1) is 23.5. The van der Waals surface area contributed by atoms with Gasteiger partial charge in [-0.05, 0) is 24.1 Å². The molecule has 30 heavy (non-hydrogen) atoms. The first-order valence-electron chi connectivity index (χ1n) is 9.38. The van der Waals surface area contributed by atoms with E-state index in [0.29, 0.717) is 48.9 Å². The Labute approximate surface area is 177 Å². The average molecular weight is 437 g/mol. The average Bonchev–Trinajstić information content (AvgIpc) is 2.74. The summed E-state index contributed by atoms with van der Waals surface area (Å²) in [5.41, 5.74) is 1.34. The van der Waals surface area contributed by atoms with E-state index in [1.54, 1.807) is 12.1 Å². The number of benzene rings is 2. The Morgan fingerprint density at radius 1 is 1.07 bits per heavy atom. The molecule has 0 unspecified atom stereocenters. The Morgan fingerprint density at radius 3 is 2.20 bits per heavy atom. The zero-order chi connectivity index (χ0) is 22.1. The number of carbonyl (C=O) groups excluding carboxylic acids is 1. The minimum Gasteiger partial charge on any atom is -0.493 e. The van der Waals surface area contributed by atoms with Crippen molar-refractivity contribution in [3.8, 4) is 17.2 Å². The molecule has 1 amide bonds. The fourth-order valence-corrected chi connectivity index (χ4v) is 3.12. The van der Waals surface area contributed by atoms with Crippen LogP contribution < -0.4 is 19.5 Å². The number of hydrogen-bond acceptors (Lipinski definition) is 6. The molecule has 0 atom stereocenters. The van der Waals surface area contributed by atoms with Crippen molar-refractivity contribution in [3.63, 3.8) is 0 Å². The zero-order valence-electron chi connectivity index (χ0n) is 17.7. The number of carbonyl (C=O) groups is 1. The van der Waals surface area contributed by atoms with Crippen molar-refractivity contribution in [2.24, 2.45) is 0 Å². The molecule has 2 aromatic rings. The maximum absolute atomic E-state index is 12.5. The second-order valence-corrected chi connectivity index (χ2v) is 8.77. The molecular formula is C21H28N2O6S. The van der Waals surface area contributed by atoms with Gasteiger partial charge in [0, 0.05) is 25.7 Å². The third-order valence-electron chi connectivity index (χ3n) is 4.45. The van der Waals surface area contributed by atoms with Gasteiger partial charge < -0.3 is 19.5 Å². The van der Waals surface area contributed by atoms with Crippen LogP contribution in [0.4, 0.5) is 0 Å². The molecule has 0 aromatic heterocycles. The maximum Gasteiger partial charge on any atom is 0.251 e. The molecule has 2 aromatic carbocycles. The Hall–Kier alpha value is -2.78. The standard InChI is InChI=1S/C21H28N2O6S/c1-23(30(4,25)26)12-8-11-22-21(24)17-13-18(27-2)20(19(14-17)28-3)29-15-16-9-6-5-7-10-16/h5-7,9-10,13-14H,8,11-12,15H2,1-4H3,(H,22,24). The van der Waals surface area contributed by atoms with E-state index in [1.807, 2.05) is 30.3 Å². The number of methoxy groups -OCH3 is 2. The number of nitrogens with one attached hydrogen (secondary N) is 1. The Balaban J connectivity index is 2.05. The number of ether oxygens (including phenoxy) is 3. The monoisotopic (exact) mass is 436 g/mol. The van der Waals surface area contributed by atoms with E-state index in [0.717, 1.165) is 11.8 Å². The van der Waals surface area contributed by atoms with Gasteiger partial charge in [-0.2, -0.15) is 0 Å². The van der Waals surface area contributed by atoms with Crippen molar-refractivity contribution >= 4 is 15.9 Å². The molecule has 0 heterocycles. The normalized spacial score (nSPS) is 11.2. The van der Waals surface area contributed by atoms with Crippen LogP contribution in [-0.4, -0.2) is 59.2 Å². The Bertz CT molecular complexity index is 922. The fourth-order valence-electron chi connectivity index (χ4n) is 2.65. The van der Waals surface area contributed by atoms with Gasteiger partial charge in [0.15, 0.2) is 11.5 Å². The van der Waals surface area contributed by atoms with Crippen molar-refractivity contribution in [2.45, 2.75) is 13.0 Å². The van der Waals surface area contributed by atoms with Crippen LogP contribution in [0, 0.1) is 0 Å². The Kier molecular flexibility index (Phi) is 8.49. The Morgan fingerprint density at radius 2 is 1.67 bits per heavy atom. The van der Waals surface area contributed by atoms with E-state index in [9.17, 15) is 13.2 Å². The smallest absolute Gasteiger partial charge is 0.251 e. The molecule has 0 aliphatic heterocycles. The third-order valence-corrected chi connectivity index (χ3v) is 5.77. The molecule has 1 N–H and O–H groups in total. The minimum absolute atomic E-state index is 0.316.